The molecule has 1 fully saturated rings. The van der Waals surface area contributed by atoms with E-state index in [-0.39, 0.29) is 24.0 Å². The number of rotatable bonds is 2. The highest BCUT2D eigenvalue weighted by Gasteiger charge is 2.30. The van der Waals surface area contributed by atoms with Crippen LogP contribution in [-0.2, 0) is 16.3 Å². The van der Waals surface area contributed by atoms with E-state index in [1.807, 2.05) is 6.07 Å². The van der Waals surface area contributed by atoms with Crippen molar-refractivity contribution in [3.8, 4) is 6.07 Å². The van der Waals surface area contributed by atoms with Crippen LogP contribution in [0.1, 0.15) is 18.2 Å². The van der Waals surface area contributed by atoms with E-state index < -0.39 is 9.84 Å². The first kappa shape index (κ1) is 10.2. The minimum atomic E-state index is -2.90. The van der Waals surface area contributed by atoms with Gasteiger partial charge in [-0.2, -0.15) is 10.4 Å². The first-order chi connectivity index (χ1) is 7.12. The highest BCUT2D eigenvalue weighted by molar-refractivity contribution is 7.91. The molecule has 2 rings (SSSR count). The summed E-state index contributed by atoms with van der Waals surface area (Å²) in [4.78, 5) is 0. The van der Waals surface area contributed by atoms with E-state index in [1.165, 1.54) is 0 Å². The third-order valence-electron chi connectivity index (χ3n) is 2.57. The molecule has 0 aliphatic carbocycles. The molecule has 0 bridgehead atoms. The maximum atomic E-state index is 11.3. The summed E-state index contributed by atoms with van der Waals surface area (Å²) in [5, 5.41) is 12.7. The lowest BCUT2D eigenvalue weighted by Crippen LogP contribution is -2.14. The second kappa shape index (κ2) is 3.66. The van der Waals surface area contributed by atoms with Crippen LogP contribution in [0.5, 0.6) is 0 Å². The summed E-state index contributed by atoms with van der Waals surface area (Å²) in [6.07, 6.45) is 2.48. The van der Waals surface area contributed by atoms with Gasteiger partial charge in [0.25, 0.3) is 0 Å². The average molecular weight is 225 g/mol. The zero-order valence-electron chi connectivity index (χ0n) is 8.13. The fourth-order valence-electron chi connectivity index (χ4n) is 1.86. The Bertz CT molecular complexity index is 498. The molecule has 15 heavy (non-hydrogen) atoms. The summed E-state index contributed by atoms with van der Waals surface area (Å²) in [6.45, 7) is 0. The quantitative estimate of drug-likeness (QED) is 0.725. The van der Waals surface area contributed by atoms with E-state index >= 15 is 0 Å². The third kappa shape index (κ3) is 2.02. The summed E-state index contributed by atoms with van der Waals surface area (Å²) >= 11 is 0. The summed E-state index contributed by atoms with van der Waals surface area (Å²) in [7, 11) is -2.90. The average Bonchev–Trinajstić information content (AvgIpc) is 2.72. The molecule has 1 aromatic heterocycles. The molecule has 1 aliphatic heterocycles. The largest absolute Gasteiger partial charge is 0.264 e. The summed E-state index contributed by atoms with van der Waals surface area (Å²) in [6, 6.07) is 3.71. The van der Waals surface area contributed by atoms with Crippen molar-refractivity contribution in [2.75, 3.05) is 11.5 Å². The Kier molecular flexibility index (Phi) is 2.49. The molecule has 6 heteroatoms. The monoisotopic (exact) mass is 225 g/mol. The zero-order valence-corrected chi connectivity index (χ0v) is 8.94. The van der Waals surface area contributed by atoms with Gasteiger partial charge in [0, 0.05) is 6.20 Å². The van der Waals surface area contributed by atoms with Gasteiger partial charge in [0.05, 0.1) is 35.7 Å². The molecule has 1 saturated heterocycles. The number of sulfone groups is 1. The van der Waals surface area contributed by atoms with Gasteiger partial charge in [-0.05, 0) is 12.5 Å². The van der Waals surface area contributed by atoms with Crippen molar-refractivity contribution in [1.29, 1.82) is 5.26 Å². The van der Waals surface area contributed by atoms with E-state index in [0.717, 1.165) is 5.69 Å². The second-order valence-corrected chi connectivity index (χ2v) is 5.89. The van der Waals surface area contributed by atoms with Crippen molar-refractivity contribution < 1.29 is 8.42 Å². The number of hydrogen-bond donors (Lipinski definition) is 0. The van der Waals surface area contributed by atoms with Crippen LogP contribution in [0.2, 0.25) is 0 Å². The third-order valence-corrected chi connectivity index (χ3v) is 4.32. The molecule has 1 aliphatic rings. The molecular weight excluding hydrogens is 214 g/mol. The number of nitrogens with zero attached hydrogens (tertiary/aromatic N) is 3. The number of aromatic nitrogens is 2. The molecule has 1 unspecified atom stereocenters. The Labute approximate surface area is 88.2 Å². The van der Waals surface area contributed by atoms with Crippen LogP contribution in [0.4, 0.5) is 0 Å². The van der Waals surface area contributed by atoms with Crippen LogP contribution < -0.4 is 0 Å². The van der Waals surface area contributed by atoms with E-state index in [0.29, 0.717) is 6.42 Å². The van der Waals surface area contributed by atoms with Crippen molar-refractivity contribution in [2.45, 2.75) is 18.9 Å². The molecule has 0 amide bonds. The van der Waals surface area contributed by atoms with Crippen molar-refractivity contribution in [3.63, 3.8) is 0 Å². The van der Waals surface area contributed by atoms with Crippen molar-refractivity contribution >= 4 is 9.84 Å². The minimum absolute atomic E-state index is 0.0895. The van der Waals surface area contributed by atoms with Crippen LogP contribution in [0.25, 0.3) is 0 Å². The Balaban J connectivity index is 2.24. The predicted molar refractivity (Wildman–Crippen MR) is 53.9 cm³/mol. The second-order valence-electron chi connectivity index (χ2n) is 3.66. The lowest BCUT2D eigenvalue weighted by atomic mass is 10.2. The van der Waals surface area contributed by atoms with Gasteiger partial charge >= 0.3 is 0 Å². The summed E-state index contributed by atoms with van der Waals surface area (Å²) in [5.41, 5.74) is 0.791. The van der Waals surface area contributed by atoms with E-state index in [4.69, 9.17) is 5.26 Å². The maximum Gasteiger partial charge on any atom is 0.152 e. The maximum absolute atomic E-state index is 11.3. The Hall–Kier alpha value is -1.35. The van der Waals surface area contributed by atoms with Crippen LogP contribution in [-0.4, -0.2) is 29.7 Å². The predicted octanol–water partition coefficient (Wildman–Crippen LogP) is 0.309. The van der Waals surface area contributed by atoms with Gasteiger partial charge in [-0.3, -0.25) is 4.68 Å². The summed E-state index contributed by atoms with van der Waals surface area (Å²) in [5.74, 6) is 0.372. The SMILES string of the molecule is N#CCc1ccnn1C1CCS(=O)(=O)C1. The normalized spacial score (nSPS) is 23.8. The zero-order chi connectivity index (χ0) is 10.9. The Morgan fingerprint density at radius 3 is 3.07 bits per heavy atom. The molecule has 2 heterocycles. The summed E-state index contributed by atoms with van der Waals surface area (Å²) < 4.78 is 24.3. The Morgan fingerprint density at radius 1 is 1.67 bits per heavy atom. The van der Waals surface area contributed by atoms with Gasteiger partial charge in [0.15, 0.2) is 9.84 Å². The molecule has 1 atom stereocenters. The fourth-order valence-corrected chi connectivity index (χ4v) is 3.55. The lowest BCUT2D eigenvalue weighted by molar-refractivity contribution is 0.485. The van der Waals surface area contributed by atoms with Crippen LogP contribution in [0.15, 0.2) is 12.3 Å². The van der Waals surface area contributed by atoms with Gasteiger partial charge in [-0.15, -0.1) is 0 Å². The topological polar surface area (TPSA) is 75.8 Å². The van der Waals surface area contributed by atoms with Gasteiger partial charge in [0.1, 0.15) is 0 Å². The van der Waals surface area contributed by atoms with E-state index in [2.05, 4.69) is 5.10 Å². The first-order valence-corrected chi connectivity index (χ1v) is 6.54. The van der Waals surface area contributed by atoms with Crippen molar-refractivity contribution in [1.82, 2.24) is 9.78 Å². The van der Waals surface area contributed by atoms with E-state index in [9.17, 15) is 8.42 Å². The molecule has 5 nitrogen and oxygen atoms in total. The van der Waals surface area contributed by atoms with E-state index in [1.54, 1.807) is 16.9 Å². The molecule has 0 aromatic carbocycles. The van der Waals surface area contributed by atoms with Gasteiger partial charge in [-0.1, -0.05) is 0 Å². The molecule has 80 valence electrons. The lowest BCUT2D eigenvalue weighted by Gasteiger charge is -2.11. The van der Waals surface area contributed by atoms with Crippen LogP contribution in [0, 0.1) is 11.3 Å². The standard InChI is InChI=1S/C9H11N3O2S/c10-4-1-8-2-5-11-12(8)9-3-6-15(13,14)7-9/h2,5,9H,1,3,6-7H2. The number of hydrogen-bond acceptors (Lipinski definition) is 4. The molecule has 0 N–H and O–H groups in total. The van der Waals surface area contributed by atoms with Crippen LogP contribution >= 0.6 is 0 Å². The highest BCUT2D eigenvalue weighted by atomic mass is 32.2. The van der Waals surface area contributed by atoms with Crippen LogP contribution in [0.3, 0.4) is 0 Å². The van der Waals surface area contributed by atoms with Crippen molar-refractivity contribution in [3.05, 3.63) is 18.0 Å². The fraction of sp³-hybridized carbons (Fsp3) is 0.556. The highest BCUT2D eigenvalue weighted by Crippen LogP contribution is 2.24. The minimum Gasteiger partial charge on any atom is -0.264 e. The van der Waals surface area contributed by atoms with Gasteiger partial charge in [-0.25, -0.2) is 8.42 Å². The number of nitriles is 1. The van der Waals surface area contributed by atoms with Gasteiger partial charge < -0.3 is 0 Å². The molecule has 0 radical (unpaired) electrons. The smallest absolute Gasteiger partial charge is 0.152 e. The molecule has 0 saturated carbocycles. The molecule has 0 spiro atoms. The van der Waals surface area contributed by atoms with Gasteiger partial charge in [0.2, 0.25) is 0 Å². The molecule has 1 aromatic rings. The first-order valence-electron chi connectivity index (χ1n) is 4.72. The Morgan fingerprint density at radius 2 is 2.47 bits per heavy atom. The molecular formula is C9H11N3O2S. The van der Waals surface area contributed by atoms with Crippen molar-refractivity contribution in [2.24, 2.45) is 0 Å².